The van der Waals surface area contributed by atoms with Gasteiger partial charge in [0.25, 0.3) is 0 Å². The number of ether oxygens (including phenoxy) is 2. The Morgan fingerprint density at radius 3 is 1.83 bits per heavy atom. The number of benzene rings is 4. The van der Waals surface area contributed by atoms with Gasteiger partial charge in [0.2, 0.25) is 0 Å². The summed E-state index contributed by atoms with van der Waals surface area (Å²) in [6.07, 6.45) is -1.38. The van der Waals surface area contributed by atoms with E-state index in [0.717, 1.165) is 21.9 Å². The normalized spacial score (nSPS) is 13.0. The fraction of sp³-hybridized carbons (Fsp3) is 0.154. The monoisotopic (exact) mass is 400 g/mol. The molecule has 0 aliphatic carbocycles. The van der Waals surface area contributed by atoms with Gasteiger partial charge in [-0.15, -0.1) is 0 Å². The molecule has 2 N–H and O–H groups in total. The van der Waals surface area contributed by atoms with Gasteiger partial charge in [-0.25, -0.2) is 0 Å². The second-order valence-electron chi connectivity index (χ2n) is 7.11. The van der Waals surface area contributed by atoms with E-state index < -0.39 is 12.2 Å². The Balaban J connectivity index is 1.43. The summed E-state index contributed by atoms with van der Waals surface area (Å²) in [6, 6.07) is 30.4. The Hall–Kier alpha value is -3.34. The predicted octanol–water partition coefficient (Wildman–Crippen LogP) is 5.06. The van der Waals surface area contributed by atoms with Crippen LogP contribution in [0.2, 0.25) is 0 Å². The lowest BCUT2D eigenvalue weighted by molar-refractivity contribution is 0.108. The van der Waals surface area contributed by atoms with Crippen LogP contribution in [0.1, 0.15) is 23.3 Å². The molecule has 0 aliphatic rings. The van der Waals surface area contributed by atoms with Gasteiger partial charge in [0, 0.05) is 5.39 Å². The highest BCUT2D eigenvalue weighted by Crippen LogP contribution is 2.30. The number of aliphatic hydroxyl groups is 2. The number of fused-ring (bicyclic) bond motifs is 1. The van der Waals surface area contributed by atoms with Crippen LogP contribution in [0.15, 0.2) is 97.1 Å². The first kappa shape index (κ1) is 20.0. The first-order valence-electron chi connectivity index (χ1n) is 9.95. The van der Waals surface area contributed by atoms with Crippen molar-refractivity contribution < 1.29 is 19.7 Å². The van der Waals surface area contributed by atoms with Gasteiger partial charge in [-0.05, 0) is 40.8 Å². The standard InChI is InChI=1S/C26H24O4/c27-24(19-8-3-1-4-9-19)17-29-22-14-15-23-21(16-22)12-7-13-26(23)30-18-25(28)20-10-5-2-6-11-20/h1-16,24-25,27-28H,17-18H2. The van der Waals surface area contributed by atoms with E-state index in [1.54, 1.807) is 0 Å². The molecule has 0 amide bonds. The van der Waals surface area contributed by atoms with E-state index >= 15 is 0 Å². The van der Waals surface area contributed by atoms with Gasteiger partial charge in [0.1, 0.15) is 36.9 Å². The highest BCUT2D eigenvalue weighted by atomic mass is 16.5. The third kappa shape index (κ3) is 4.79. The SMILES string of the molecule is OC(COc1ccc2c(OCC(O)c3ccccc3)cccc2c1)c1ccccc1. The Morgan fingerprint density at radius 1 is 0.600 bits per heavy atom. The summed E-state index contributed by atoms with van der Waals surface area (Å²) in [5.74, 6) is 1.39. The summed E-state index contributed by atoms with van der Waals surface area (Å²) in [6.45, 7) is 0.347. The molecule has 4 heteroatoms. The molecule has 0 saturated heterocycles. The molecule has 0 spiro atoms. The molecular weight excluding hydrogens is 376 g/mol. The van der Waals surface area contributed by atoms with E-state index in [9.17, 15) is 10.2 Å². The molecule has 2 unspecified atom stereocenters. The largest absolute Gasteiger partial charge is 0.491 e. The summed E-state index contributed by atoms with van der Waals surface area (Å²) in [5, 5.41) is 22.5. The van der Waals surface area contributed by atoms with Gasteiger partial charge < -0.3 is 19.7 Å². The van der Waals surface area contributed by atoms with Crippen molar-refractivity contribution in [1.82, 2.24) is 0 Å². The molecular formula is C26H24O4. The molecule has 4 aromatic rings. The molecule has 0 fully saturated rings. The van der Waals surface area contributed by atoms with Crippen molar-refractivity contribution in [2.45, 2.75) is 12.2 Å². The van der Waals surface area contributed by atoms with E-state index in [2.05, 4.69) is 0 Å². The third-order valence-corrected chi connectivity index (χ3v) is 4.99. The smallest absolute Gasteiger partial charge is 0.127 e. The summed E-state index contributed by atoms with van der Waals surface area (Å²) in [4.78, 5) is 0. The van der Waals surface area contributed by atoms with E-state index in [1.807, 2.05) is 97.1 Å². The molecule has 30 heavy (non-hydrogen) atoms. The van der Waals surface area contributed by atoms with Gasteiger partial charge in [-0.2, -0.15) is 0 Å². The molecule has 0 saturated carbocycles. The van der Waals surface area contributed by atoms with Crippen LogP contribution in [-0.4, -0.2) is 23.4 Å². The van der Waals surface area contributed by atoms with E-state index in [4.69, 9.17) is 9.47 Å². The molecule has 0 aliphatic heterocycles. The van der Waals surface area contributed by atoms with E-state index in [-0.39, 0.29) is 13.2 Å². The summed E-state index contributed by atoms with van der Waals surface area (Å²) in [5.41, 5.74) is 1.65. The van der Waals surface area contributed by atoms with Crippen molar-refractivity contribution in [3.8, 4) is 11.5 Å². The Labute approximate surface area is 176 Å². The van der Waals surface area contributed by atoms with Gasteiger partial charge >= 0.3 is 0 Å². The van der Waals surface area contributed by atoms with Crippen LogP contribution in [0, 0.1) is 0 Å². The maximum Gasteiger partial charge on any atom is 0.127 e. The minimum absolute atomic E-state index is 0.171. The minimum atomic E-state index is -0.691. The van der Waals surface area contributed by atoms with Crippen LogP contribution >= 0.6 is 0 Å². The molecule has 0 heterocycles. The van der Waals surface area contributed by atoms with Crippen LogP contribution in [0.25, 0.3) is 10.8 Å². The van der Waals surface area contributed by atoms with Crippen molar-refractivity contribution >= 4 is 10.8 Å². The zero-order valence-electron chi connectivity index (χ0n) is 16.5. The Bertz CT molecular complexity index is 1080. The van der Waals surface area contributed by atoms with Crippen LogP contribution in [0.3, 0.4) is 0 Å². The van der Waals surface area contributed by atoms with Gasteiger partial charge in [-0.1, -0.05) is 72.8 Å². The molecule has 4 aromatic carbocycles. The second-order valence-corrected chi connectivity index (χ2v) is 7.11. The number of hydrogen-bond acceptors (Lipinski definition) is 4. The van der Waals surface area contributed by atoms with E-state index in [1.165, 1.54) is 0 Å². The summed E-state index contributed by atoms with van der Waals surface area (Å²) in [7, 11) is 0. The van der Waals surface area contributed by atoms with Crippen molar-refractivity contribution in [3.63, 3.8) is 0 Å². The molecule has 2 atom stereocenters. The number of hydrogen-bond donors (Lipinski definition) is 2. The fourth-order valence-corrected chi connectivity index (χ4v) is 3.33. The lowest BCUT2D eigenvalue weighted by atomic mass is 10.1. The van der Waals surface area contributed by atoms with Crippen molar-refractivity contribution in [1.29, 1.82) is 0 Å². The maximum absolute atomic E-state index is 10.3. The molecule has 152 valence electrons. The van der Waals surface area contributed by atoms with Gasteiger partial charge in [-0.3, -0.25) is 0 Å². The van der Waals surface area contributed by atoms with Crippen molar-refractivity contribution in [3.05, 3.63) is 108 Å². The van der Waals surface area contributed by atoms with E-state index in [0.29, 0.717) is 11.5 Å². The summed E-state index contributed by atoms with van der Waals surface area (Å²) < 4.78 is 11.7. The highest BCUT2D eigenvalue weighted by Gasteiger charge is 2.11. The van der Waals surface area contributed by atoms with Crippen molar-refractivity contribution in [2.24, 2.45) is 0 Å². The third-order valence-electron chi connectivity index (χ3n) is 4.99. The van der Waals surface area contributed by atoms with Crippen LogP contribution in [0.5, 0.6) is 11.5 Å². The minimum Gasteiger partial charge on any atom is -0.491 e. The summed E-state index contributed by atoms with van der Waals surface area (Å²) >= 11 is 0. The van der Waals surface area contributed by atoms with Crippen LogP contribution < -0.4 is 9.47 Å². The first-order chi connectivity index (χ1) is 14.7. The Kier molecular flexibility index (Phi) is 6.28. The second kappa shape index (κ2) is 9.44. The number of rotatable bonds is 8. The molecule has 4 rings (SSSR count). The average molecular weight is 400 g/mol. The zero-order valence-corrected chi connectivity index (χ0v) is 16.5. The van der Waals surface area contributed by atoms with Crippen LogP contribution in [-0.2, 0) is 0 Å². The highest BCUT2D eigenvalue weighted by molar-refractivity contribution is 5.89. The first-order valence-corrected chi connectivity index (χ1v) is 9.95. The maximum atomic E-state index is 10.3. The average Bonchev–Trinajstić information content (AvgIpc) is 2.81. The van der Waals surface area contributed by atoms with Crippen molar-refractivity contribution in [2.75, 3.05) is 13.2 Å². The lowest BCUT2D eigenvalue weighted by Crippen LogP contribution is -2.10. The fourth-order valence-electron chi connectivity index (χ4n) is 3.33. The predicted molar refractivity (Wildman–Crippen MR) is 118 cm³/mol. The zero-order chi connectivity index (χ0) is 20.8. The molecule has 4 nitrogen and oxygen atoms in total. The Morgan fingerprint density at radius 2 is 1.20 bits per heavy atom. The molecule has 0 bridgehead atoms. The molecule has 0 aromatic heterocycles. The quantitative estimate of drug-likeness (QED) is 0.434. The topological polar surface area (TPSA) is 58.9 Å². The van der Waals surface area contributed by atoms with Gasteiger partial charge in [0.15, 0.2) is 0 Å². The van der Waals surface area contributed by atoms with Gasteiger partial charge in [0.05, 0.1) is 0 Å². The number of aliphatic hydroxyl groups excluding tert-OH is 2. The lowest BCUT2D eigenvalue weighted by Gasteiger charge is -2.15. The van der Waals surface area contributed by atoms with Crippen LogP contribution in [0.4, 0.5) is 0 Å². The molecule has 0 radical (unpaired) electrons.